The molecule has 1 amide bonds. The fourth-order valence-corrected chi connectivity index (χ4v) is 5.23. The monoisotopic (exact) mass is 458 g/mol. The molecule has 3 heterocycles. The standard InChI is InChI=1S/C25H29F3N4O/c1-16-5-6-21(26)20-14-22(30-23(16)20)24(33)29-17-3-2-4-18(13-17)32-10-7-19(15-32)31-11-8-25(27,28)9-12-31/h2-6,13,19,22,30H,7-12,14-15H2,1H3,(H,29,33). The van der Waals surface area contributed by atoms with Crippen LogP contribution >= 0.6 is 0 Å². The number of anilines is 3. The van der Waals surface area contributed by atoms with Crippen LogP contribution in [0.4, 0.5) is 30.2 Å². The number of hydrogen-bond donors (Lipinski definition) is 2. The van der Waals surface area contributed by atoms with E-state index in [0.29, 0.717) is 36.4 Å². The molecule has 2 saturated heterocycles. The van der Waals surface area contributed by atoms with Gasteiger partial charge >= 0.3 is 0 Å². The van der Waals surface area contributed by atoms with Gasteiger partial charge in [-0.25, -0.2) is 13.2 Å². The summed E-state index contributed by atoms with van der Waals surface area (Å²) in [7, 11) is 0. The van der Waals surface area contributed by atoms with Crippen molar-refractivity contribution in [2.75, 3.05) is 41.7 Å². The minimum Gasteiger partial charge on any atom is -0.373 e. The number of fused-ring (bicyclic) bond motifs is 1. The molecule has 2 aromatic rings. The number of aryl methyl sites for hydroxylation is 1. The Hall–Kier alpha value is -2.74. The van der Waals surface area contributed by atoms with Crippen LogP contribution in [0.3, 0.4) is 0 Å². The van der Waals surface area contributed by atoms with Gasteiger partial charge in [-0.1, -0.05) is 12.1 Å². The molecule has 2 aromatic carbocycles. The highest BCUT2D eigenvalue weighted by molar-refractivity contribution is 5.98. The predicted molar refractivity (Wildman–Crippen MR) is 124 cm³/mol. The topological polar surface area (TPSA) is 47.6 Å². The molecule has 0 radical (unpaired) electrons. The Balaban J connectivity index is 1.20. The van der Waals surface area contributed by atoms with Gasteiger partial charge in [0, 0.05) is 74.1 Å². The van der Waals surface area contributed by atoms with Crippen LogP contribution in [0.25, 0.3) is 0 Å². The van der Waals surface area contributed by atoms with Crippen LogP contribution in [-0.4, -0.2) is 55.0 Å². The highest BCUT2D eigenvalue weighted by atomic mass is 19.3. The van der Waals surface area contributed by atoms with E-state index in [0.717, 1.165) is 30.8 Å². The quantitative estimate of drug-likeness (QED) is 0.712. The summed E-state index contributed by atoms with van der Waals surface area (Å²) < 4.78 is 41.1. The van der Waals surface area contributed by atoms with E-state index in [9.17, 15) is 18.0 Å². The molecular weight excluding hydrogens is 429 g/mol. The molecule has 5 rings (SSSR count). The van der Waals surface area contributed by atoms with Crippen LogP contribution in [0.1, 0.15) is 30.4 Å². The lowest BCUT2D eigenvalue weighted by molar-refractivity contribution is -0.116. The third-order valence-corrected chi connectivity index (χ3v) is 7.20. The first kappa shape index (κ1) is 22.1. The number of halogens is 3. The Labute approximate surface area is 191 Å². The lowest BCUT2D eigenvalue weighted by atomic mass is 10.0. The molecule has 0 bridgehead atoms. The molecular formula is C25H29F3N4O. The Kier molecular flexibility index (Phi) is 5.72. The third kappa shape index (κ3) is 4.53. The van der Waals surface area contributed by atoms with Crippen molar-refractivity contribution in [3.8, 4) is 0 Å². The zero-order valence-electron chi connectivity index (χ0n) is 18.7. The SMILES string of the molecule is Cc1ccc(F)c2c1NC(C(=O)Nc1cccc(N3CCC(N4CCC(F)(F)CC4)C3)c1)C2. The van der Waals surface area contributed by atoms with Gasteiger partial charge in [0.15, 0.2) is 0 Å². The number of alkyl halides is 2. The van der Waals surface area contributed by atoms with E-state index >= 15 is 0 Å². The van der Waals surface area contributed by atoms with E-state index in [4.69, 9.17) is 0 Å². The van der Waals surface area contributed by atoms with Gasteiger partial charge in [-0.05, 0) is 43.2 Å². The normalized spacial score (nSPS) is 24.4. The molecule has 0 aromatic heterocycles. The van der Waals surface area contributed by atoms with Crippen LogP contribution in [0.15, 0.2) is 36.4 Å². The Morgan fingerprint density at radius 2 is 1.94 bits per heavy atom. The molecule has 2 unspecified atom stereocenters. The van der Waals surface area contributed by atoms with Gasteiger partial charge in [-0.3, -0.25) is 9.69 Å². The number of nitrogens with zero attached hydrogens (tertiary/aromatic N) is 2. The summed E-state index contributed by atoms with van der Waals surface area (Å²) >= 11 is 0. The molecule has 2 atom stereocenters. The Morgan fingerprint density at radius 3 is 2.70 bits per heavy atom. The second-order valence-corrected chi connectivity index (χ2v) is 9.44. The fourth-order valence-electron chi connectivity index (χ4n) is 5.23. The van der Waals surface area contributed by atoms with Crippen LogP contribution in [-0.2, 0) is 11.2 Å². The highest BCUT2D eigenvalue weighted by Crippen LogP contribution is 2.33. The Morgan fingerprint density at radius 1 is 1.15 bits per heavy atom. The molecule has 2 fully saturated rings. The molecule has 176 valence electrons. The average Bonchev–Trinajstić information content (AvgIpc) is 3.45. The number of carbonyl (C=O) groups excluding carboxylic acids is 1. The highest BCUT2D eigenvalue weighted by Gasteiger charge is 2.38. The van der Waals surface area contributed by atoms with Gasteiger partial charge < -0.3 is 15.5 Å². The van der Waals surface area contributed by atoms with Crippen molar-refractivity contribution >= 4 is 23.0 Å². The number of rotatable bonds is 4. The van der Waals surface area contributed by atoms with Crippen LogP contribution in [0, 0.1) is 12.7 Å². The van der Waals surface area contributed by atoms with Gasteiger partial charge in [0.2, 0.25) is 5.91 Å². The summed E-state index contributed by atoms with van der Waals surface area (Å²) in [6.45, 7) is 4.43. The van der Waals surface area contributed by atoms with Crippen LogP contribution in [0.5, 0.6) is 0 Å². The van der Waals surface area contributed by atoms with Crippen molar-refractivity contribution in [2.24, 2.45) is 0 Å². The van der Waals surface area contributed by atoms with Gasteiger partial charge in [0.1, 0.15) is 11.9 Å². The summed E-state index contributed by atoms with van der Waals surface area (Å²) in [6, 6.07) is 10.6. The zero-order valence-corrected chi connectivity index (χ0v) is 18.7. The summed E-state index contributed by atoms with van der Waals surface area (Å²) in [5.41, 5.74) is 3.88. The third-order valence-electron chi connectivity index (χ3n) is 7.20. The minimum atomic E-state index is -2.53. The van der Waals surface area contributed by atoms with E-state index < -0.39 is 12.0 Å². The minimum absolute atomic E-state index is 0.0620. The molecule has 0 aliphatic carbocycles. The molecule has 3 aliphatic rings. The van der Waals surface area contributed by atoms with Crippen molar-refractivity contribution in [2.45, 2.75) is 50.6 Å². The predicted octanol–water partition coefficient (Wildman–Crippen LogP) is 4.42. The van der Waals surface area contributed by atoms with Crippen molar-refractivity contribution in [3.63, 3.8) is 0 Å². The number of hydrogen-bond acceptors (Lipinski definition) is 4. The second-order valence-electron chi connectivity index (χ2n) is 9.44. The average molecular weight is 459 g/mol. The van der Waals surface area contributed by atoms with Gasteiger partial charge in [0.25, 0.3) is 5.92 Å². The molecule has 0 spiro atoms. The van der Waals surface area contributed by atoms with Gasteiger partial charge in [0.05, 0.1) is 0 Å². The van der Waals surface area contributed by atoms with E-state index in [-0.39, 0.29) is 30.6 Å². The Bertz CT molecular complexity index is 1020. The number of nitrogens with one attached hydrogen (secondary N) is 2. The number of carbonyl (C=O) groups is 1. The van der Waals surface area contributed by atoms with E-state index in [1.807, 2.05) is 31.2 Å². The lowest BCUT2D eigenvalue weighted by Crippen LogP contribution is -2.46. The first-order valence-electron chi connectivity index (χ1n) is 11.6. The fraction of sp³-hybridized carbons (Fsp3) is 0.480. The summed E-state index contributed by atoms with van der Waals surface area (Å²) in [4.78, 5) is 17.3. The first-order chi connectivity index (χ1) is 15.8. The lowest BCUT2D eigenvalue weighted by Gasteiger charge is -2.35. The summed E-state index contributed by atoms with van der Waals surface area (Å²) in [5.74, 6) is -3.02. The maximum Gasteiger partial charge on any atom is 0.250 e. The summed E-state index contributed by atoms with van der Waals surface area (Å²) in [5, 5.41) is 6.12. The maximum absolute atomic E-state index is 14.1. The molecule has 0 saturated carbocycles. The van der Waals surface area contributed by atoms with Gasteiger partial charge in [-0.2, -0.15) is 0 Å². The van der Waals surface area contributed by atoms with Crippen LogP contribution in [0.2, 0.25) is 0 Å². The van der Waals surface area contributed by atoms with Crippen molar-refractivity contribution in [1.82, 2.24) is 4.90 Å². The van der Waals surface area contributed by atoms with Crippen molar-refractivity contribution in [3.05, 3.63) is 53.3 Å². The number of piperidine rings is 1. The van der Waals surface area contributed by atoms with Crippen molar-refractivity contribution < 1.29 is 18.0 Å². The molecule has 2 N–H and O–H groups in total. The maximum atomic E-state index is 14.1. The van der Waals surface area contributed by atoms with Crippen molar-refractivity contribution in [1.29, 1.82) is 0 Å². The second kappa shape index (κ2) is 8.56. The number of likely N-dealkylation sites (tertiary alicyclic amines) is 1. The van der Waals surface area contributed by atoms with E-state index in [1.165, 1.54) is 6.07 Å². The first-order valence-corrected chi connectivity index (χ1v) is 11.6. The largest absolute Gasteiger partial charge is 0.373 e. The number of amides is 1. The molecule has 5 nitrogen and oxygen atoms in total. The zero-order chi connectivity index (χ0) is 23.2. The molecule has 33 heavy (non-hydrogen) atoms. The van der Waals surface area contributed by atoms with E-state index in [1.54, 1.807) is 6.07 Å². The van der Waals surface area contributed by atoms with Gasteiger partial charge in [-0.15, -0.1) is 0 Å². The van der Waals surface area contributed by atoms with E-state index in [2.05, 4.69) is 20.4 Å². The smallest absolute Gasteiger partial charge is 0.250 e. The summed E-state index contributed by atoms with van der Waals surface area (Å²) in [6.07, 6.45) is 1.13. The molecule has 3 aliphatic heterocycles. The molecule has 8 heteroatoms. The number of benzene rings is 2. The van der Waals surface area contributed by atoms with Crippen LogP contribution < -0.4 is 15.5 Å².